The van der Waals surface area contributed by atoms with Gasteiger partial charge in [0.1, 0.15) is 5.82 Å². The summed E-state index contributed by atoms with van der Waals surface area (Å²) in [5.74, 6) is 0.888. The van der Waals surface area contributed by atoms with Crippen LogP contribution in [0.15, 0.2) is 128 Å². The van der Waals surface area contributed by atoms with E-state index in [0.29, 0.717) is 0 Å². The lowest BCUT2D eigenvalue weighted by Gasteiger charge is -2.12. The van der Waals surface area contributed by atoms with Crippen LogP contribution in [0.5, 0.6) is 0 Å². The molecule has 4 nitrogen and oxygen atoms in total. The van der Waals surface area contributed by atoms with Crippen LogP contribution in [0, 0.1) is 0 Å². The molecular weight excluding hydrogens is 488 g/mol. The van der Waals surface area contributed by atoms with Crippen LogP contribution >= 0.6 is 0 Å². The van der Waals surface area contributed by atoms with Crippen molar-refractivity contribution in [1.82, 2.24) is 19.5 Å². The lowest BCUT2D eigenvalue weighted by molar-refractivity contribution is 0.912. The van der Waals surface area contributed by atoms with Crippen LogP contribution in [0.25, 0.3) is 61.5 Å². The lowest BCUT2D eigenvalue weighted by Crippen LogP contribution is -2.02. The molecule has 0 unspecified atom stereocenters. The minimum absolute atomic E-state index is 0.864. The Hall–Kier alpha value is -5.09. The molecule has 0 amide bonds. The van der Waals surface area contributed by atoms with Gasteiger partial charge in [-0.25, -0.2) is 9.97 Å². The highest BCUT2D eigenvalue weighted by molar-refractivity contribution is 6.06. The van der Waals surface area contributed by atoms with E-state index in [2.05, 4.69) is 121 Å². The van der Waals surface area contributed by atoms with Gasteiger partial charge in [0.25, 0.3) is 0 Å². The molecule has 0 aliphatic rings. The Labute approximate surface area is 233 Å². The van der Waals surface area contributed by atoms with Crippen LogP contribution in [0.4, 0.5) is 0 Å². The number of aryl methyl sites for hydroxylation is 1. The van der Waals surface area contributed by atoms with E-state index in [1.54, 1.807) is 0 Å². The van der Waals surface area contributed by atoms with E-state index >= 15 is 0 Å². The zero-order valence-electron chi connectivity index (χ0n) is 22.3. The third-order valence-corrected chi connectivity index (χ3v) is 7.37. The predicted octanol–water partition coefficient (Wildman–Crippen LogP) is 8.92. The Morgan fingerprint density at radius 2 is 1.30 bits per heavy atom. The summed E-state index contributed by atoms with van der Waals surface area (Å²) in [5, 5.41) is 1.13. The molecule has 0 aliphatic carbocycles. The maximum Gasteiger partial charge on any atom is 0.138 e. The van der Waals surface area contributed by atoms with Gasteiger partial charge in [0.2, 0.25) is 0 Å². The topological polar surface area (TPSA) is 43.6 Å². The van der Waals surface area contributed by atoms with Crippen molar-refractivity contribution in [2.75, 3.05) is 0 Å². The van der Waals surface area contributed by atoms with Crippen molar-refractivity contribution in [2.45, 2.75) is 19.8 Å². The molecule has 0 saturated heterocycles. The number of fused-ring (bicyclic) bond motifs is 3. The molecule has 0 radical (unpaired) electrons. The Balaban J connectivity index is 1.33. The number of para-hydroxylation sites is 1. The molecule has 0 atom stereocenters. The predicted molar refractivity (Wildman–Crippen MR) is 164 cm³/mol. The first-order valence-corrected chi connectivity index (χ1v) is 13.8. The summed E-state index contributed by atoms with van der Waals surface area (Å²) in [6, 6.07) is 42.1. The van der Waals surface area contributed by atoms with Gasteiger partial charge in [-0.1, -0.05) is 92.2 Å². The van der Waals surface area contributed by atoms with Crippen LogP contribution in [-0.4, -0.2) is 19.5 Å². The normalized spacial score (nSPS) is 11.3. The molecule has 4 aromatic heterocycles. The molecule has 7 aromatic rings. The molecule has 3 aromatic carbocycles. The molecule has 0 spiro atoms. The molecule has 0 saturated carbocycles. The fourth-order valence-electron chi connectivity index (χ4n) is 5.48. The minimum Gasteiger partial charge on any atom is -0.292 e. The SMILES string of the molecule is CCCc1cc(-c2cccc(-c3ccc(-c4ccccc4)cc3)n2)nc(-n2c3ccccc3c3ncccc32)c1. The average molecular weight is 517 g/mol. The minimum atomic E-state index is 0.864. The van der Waals surface area contributed by atoms with Crippen LogP contribution in [0.1, 0.15) is 18.9 Å². The summed E-state index contributed by atoms with van der Waals surface area (Å²) in [7, 11) is 0. The maximum atomic E-state index is 5.19. The van der Waals surface area contributed by atoms with Gasteiger partial charge in [-0.2, -0.15) is 0 Å². The average Bonchev–Trinajstić information content (AvgIpc) is 3.36. The fourth-order valence-corrected chi connectivity index (χ4v) is 5.48. The van der Waals surface area contributed by atoms with E-state index in [1.807, 2.05) is 18.3 Å². The lowest BCUT2D eigenvalue weighted by atomic mass is 10.0. The number of benzene rings is 3. The van der Waals surface area contributed by atoms with Gasteiger partial charge < -0.3 is 0 Å². The number of rotatable bonds is 6. The first-order valence-electron chi connectivity index (χ1n) is 13.8. The van der Waals surface area contributed by atoms with E-state index in [9.17, 15) is 0 Å². The van der Waals surface area contributed by atoms with Gasteiger partial charge in [0.05, 0.1) is 33.6 Å². The standard InChI is InChI=1S/C36H28N4/c1-2-10-25-23-32(39-35(24-25)40-33-16-7-6-13-29(33)36-34(40)17-9-22-37-36)31-15-8-14-30(38-31)28-20-18-27(19-21-28)26-11-4-3-5-12-26/h3-9,11-24H,2,10H2,1H3. The first-order chi connectivity index (χ1) is 19.8. The monoisotopic (exact) mass is 516 g/mol. The second-order valence-electron chi connectivity index (χ2n) is 10.0. The van der Waals surface area contributed by atoms with Gasteiger partial charge >= 0.3 is 0 Å². The Kier molecular flexibility index (Phi) is 6.14. The second-order valence-corrected chi connectivity index (χ2v) is 10.0. The first kappa shape index (κ1) is 24.0. The number of hydrogen-bond acceptors (Lipinski definition) is 3. The van der Waals surface area contributed by atoms with E-state index < -0.39 is 0 Å². The fraction of sp³-hybridized carbons (Fsp3) is 0.0833. The second kappa shape index (κ2) is 10.2. The molecule has 4 heteroatoms. The van der Waals surface area contributed by atoms with Gasteiger partial charge in [-0.3, -0.25) is 9.55 Å². The number of hydrogen-bond donors (Lipinski definition) is 0. The van der Waals surface area contributed by atoms with Crippen LogP contribution in [0.2, 0.25) is 0 Å². The summed E-state index contributed by atoms with van der Waals surface area (Å²) in [5.41, 5.74) is 10.5. The zero-order chi connectivity index (χ0) is 26.9. The highest BCUT2D eigenvalue weighted by Gasteiger charge is 2.16. The highest BCUT2D eigenvalue weighted by Crippen LogP contribution is 2.32. The Morgan fingerprint density at radius 1 is 0.575 bits per heavy atom. The van der Waals surface area contributed by atoms with Crippen molar-refractivity contribution in [1.29, 1.82) is 0 Å². The smallest absolute Gasteiger partial charge is 0.138 e. The maximum absolute atomic E-state index is 5.19. The largest absolute Gasteiger partial charge is 0.292 e. The van der Waals surface area contributed by atoms with Crippen molar-refractivity contribution in [2.24, 2.45) is 0 Å². The summed E-state index contributed by atoms with van der Waals surface area (Å²) >= 11 is 0. The molecule has 0 fully saturated rings. The summed E-state index contributed by atoms with van der Waals surface area (Å²) in [6.45, 7) is 2.21. The number of nitrogens with zero attached hydrogens (tertiary/aromatic N) is 4. The van der Waals surface area contributed by atoms with Crippen molar-refractivity contribution in [3.8, 4) is 39.6 Å². The Morgan fingerprint density at radius 3 is 2.15 bits per heavy atom. The molecule has 192 valence electrons. The molecule has 0 aliphatic heterocycles. The quantitative estimate of drug-likeness (QED) is 0.222. The van der Waals surface area contributed by atoms with Crippen molar-refractivity contribution in [3.63, 3.8) is 0 Å². The summed E-state index contributed by atoms with van der Waals surface area (Å²) in [6.07, 6.45) is 3.88. The van der Waals surface area contributed by atoms with Crippen LogP contribution in [0.3, 0.4) is 0 Å². The van der Waals surface area contributed by atoms with Crippen LogP contribution in [-0.2, 0) is 6.42 Å². The highest BCUT2D eigenvalue weighted by atomic mass is 15.1. The molecule has 0 N–H and O–H groups in total. The van der Waals surface area contributed by atoms with E-state index in [1.165, 1.54) is 16.7 Å². The Bertz CT molecular complexity index is 1900. The van der Waals surface area contributed by atoms with Gasteiger partial charge in [0, 0.05) is 17.1 Å². The number of pyridine rings is 3. The molecule has 4 heterocycles. The van der Waals surface area contributed by atoms with Gasteiger partial charge in [-0.05, 0) is 65.6 Å². The summed E-state index contributed by atoms with van der Waals surface area (Å²) < 4.78 is 2.23. The van der Waals surface area contributed by atoms with Crippen molar-refractivity contribution in [3.05, 3.63) is 133 Å². The van der Waals surface area contributed by atoms with E-state index in [4.69, 9.17) is 15.0 Å². The summed E-state index contributed by atoms with van der Waals surface area (Å²) in [4.78, 5) is 15.0. The molecule has 0 bridgehead atoms. The molecule has 40 heavy (non-hydrogen) atoms. The van der Waals surface area contributed by atoms with Crippen molar-refractivity contribution < 1.29 is 0 Å². The van der Waals surface area contributed by atoms with Gasteiger partial charge in [0.15, 0.2) is 0 Å². The van der Waals surface area contributed by atoms with E-state index in [0.717, 1.165) is 63.2 Å². The van der Waals surface area contributed by atoms with Crippen molar-refractivity contribution >= 4 is 21.9 Å². The van der Waals surface area contributed by atoms with Crippen LogP contribution < -0.4 is 0 Å². The number of aromatic nitrogens is 4. The van der Waals surface area contributed by atoms with Gasteiger partial charge in [-0.15, -0.1) is 0 Å². The third kappa shape index (κ3) is 4.34. The third-order valence-electron chi connectivity index (χ3n) is 7.37. The van der Waals surface area contributed by atoms with E-state index in [-0.39, 0.29) is 0 Å². The molecule has 7 rings (SSSR count). The zero-order valence-corrected chi connectivity index (χ0v) is 22.3. The molecular formula is C36H28N4.